The highest BCUT2D eigenvalue weighted by Crippen LogP contribution is 2.33. The molecular formula is C30H33ClF3N3O4S. The number of sulfonamides is 1. The van der Waals surface area contributed by atoms with Gasteiger partial charge in [0.25, 0.3) is 10.0 Å². The molecule has 0 aromatic heterocycles. The predicted octanol–water partition coefficient (Wildman–Crippen LogP) is 6.20. The summed E-state index contributed by atoms with van der Waals surface area (Å²) in [5.41, 5.74) is -0.151. The summed E-state index contributed by atoms with van der Waals surface area (Å²) in [5, 5.41) is 3.10. The second-order valence-electron chi connectivity index (χ2n) is 9.81. The first-order valence-electron chi connectivity index (χ1n) is 13.3. The highest BCUT2D eigenvalue weighted by molar-refractivity contribution is 7.92. The number of rotatable bonds is 12. The fraction of sp³-hybridized carbons (Fsp3) is 0.333. The highest BCUT2D eigenvalue weighted by Gasteiger charge is 2.35. The maximum atomic E-state index is 13.9. The Morgan fingerprint density at radius 2 is 1.67 bits per heavy atom. The molecule has 42 heavy (non-hydrogen) atoms. The molecule has 0 radical (unpaired) electrons. The van der Waals surface area contributed by atoms with Crippen LogP contribution in [-0.2, 0) is 32.3 Å². The number of alkyl halides is 3. The van der Waals surface area contributed by atoms with Crippen LogP contribution in [0, 0.1) is 6.92 Å². The molecule has 0 heterocycles. The summed E-state index contributed by atoms with van der Waals surface area (Å²) in [5.74, 6) is -1.27. The number of halogens is 4. The number of carbonyl (C=O) groups is 2. The lowest BCUT2D eigenvalue weighted by Gasteiger charge is -2.32. The van der Waals surface area contributed by atoms with Crippen LogP contribution in [-0.4, -0.2) is 44.3 Å². The van der Waals surface area contributed by atoms with Gasteiger partial charge in [0.15, 0.2) is 0 Å². The summed E-state index contributed by atoms with van der Waals surface area (Å²) >= 11 is 6.34. The topological polar surface area (TPSA) is 86.8 Å². The van der Waals surface area contributed by atoms with Gasteiger partial charge in [-0.15, -0.1) is 0 Å². The Labute approximate surface area is 249 Å². The number of unbranched alkanes of at least 4 members (excludes halogenated alkanes) is 1. The molecule has 0 unspecified atom stereocenters. The Kier molecular flexibility index (Phi) is 11.0. The summed E-state index contributed by atoms with van der Waals surface area (Å²) in [7, 11) is -4.51. The van der Waals surface area contributed by atoms with Crippen molar-refractivity contribution in [2.45, 2.75) is 57.3 Å². The van der Waals surface area contributed by atoms with Gasteiger partial charge in [0.2, 0.25) is 11.8 Å². The summed E-state index contributed by atoms with van der Waals surface area (Å²) in [6, 6.07) is 15.1. The van der Waals surface area contributed by atoms with Crippen molar-refractivity contribution in [3.8, 4) is 0 Å². The van der Waals surface area contributed by atoms with Crippen LogP contribution in [0.5, 0.6) is 0 Å². The zero-order valence-electron chi connectivity index (χ0n) is 23.5. The Hall–Kier alpha value is -3.57. The maximum absolute atomic E-state index is 13.9. The van der Waals surface area contributed by atoms with Crippen molar-refractivity contribution in [1.82, 2.24) is 10.2 Å². The van der Waals surface area contributed by atoms with Gasteiger partial charge in [-0.2, -0.15) is 13.2 Å². The molecule has 0 saturated carbocycles. The van der Waals surface area contributed by atoms with E-state index >= 15 is 0 Å². The number of carbonyl (C=O) groups excluding carboxylic acids is 2. The number of amides is 2. The fourth-order valence-electron chi connectivity index (χ4n) is 4.13. The van der Waals surface area contributed by atoms with Crippen molar-refractivity contribution in [3.63, 3.8) is 0 Å². The van der Waals surface area contributed by atoms with Crippen LogP contribution >= 0.6 is 11.6 Å². The first-order chi connectivity index (χ1) is 19.8. The molecule has 0 aliphatic heterocycles. The zero-order chi connectivity index (χ0) is 31.1. The average molecular weight is 624 g/mol. The van der Waals surface area contributed by atoms with E-state index in [1.54, 1.807) is 43.3 Å². The third-order valence-corrected chi connectivity index (χ3v) is 8.80. The van der Waals surface area contributed by atoms with Crippen molar-refractivity contribution in [2.75, 3.05) is 17.4 Å². The fourth-order valence-corrected chi connectivity index (χ4v) is 5.73. The van der Waals surface area contributed by atoms with Gasteiger partial charge in [0.1, 0.15) is 12.6 Å². The molecule has 3 rings (SSSR count). The van der Waals surface area contributed by atoms with Crippen molar-refractivity contribution >= 4 is 39.1 Å². The third kappa shape index (κ3) is 8.25. The van der Waals surface area contributed by atoms with Crippen molar-refractivity contribution in [3.05, 3.63) is 94.5 Å². The van der Waals surface area contributed by atoms with Gasteiger partial charge in [-0.05, 0) is 62.2 Å². The number of anilines is 1. The lowest BCUT2D eigenvalue weighted by Crippen LogP contribution is -2.51. The molecule has 3 aromatic carbocycles. The normalized spacial score (nSPS) is 12.5. The maximum Gasteiger partial charge on any atom is 0.416 e. The Balaban J connectivity index is 2.07. The number of aryl methyl sites for hydroxylation is 1. The van der Waals surface area contributed by atoms with Crippen molar-refractivity contribution in [2.24, 2.45) is 0 Å². The predicted molar refractivity (Wildman–Crippen MR) is 157 cm³/mol. The SMILES string of the molecule is CCCCNC(=O)[C@H](C)N(Cc1ccccc1Cl)C(=O)CN(c1cccc(C(F)(F)F)c1)S(=O)(=O)c1ccc(C)cc1. The molecular weight excluding hydrogens is 591 g/mol. The van der Waals surface area contributed by atoms with E-state index in [9.17, 15) is 31.2 Å². The first kappa shape index (κ1) is 32.9. The zero-order valence-corrected chi connectivity index (χ0v) is 25.1. The van der Waals surface area contributed by atoms with Gasteiger partial charge >= 0.3 is 6.18 Å². The molecule has 12 heteroatoms. The number of benzene rings is 3. The van der Waals surface area contributed by atoms with E-state index in [1.807, 2.05) is 6.92 Å². The number of hydrogen-bond acceptors (Lipinski definition) is 4. The molecule has 0 saturated heterocycles. The minimum absolute atomic E-state index is 0.137. The second kappa shape index (κ2) is 14.1. The molecule has 0 aliphatic rings. The quantitative estimate of drug-likeness (QED) is 0.244. The van der Waals surface area contributed by atoms with E-state index in [2.05, 4.69) is 5.32 Å². The van der Waals surface area contributed by atoms with Gasteiger partial charge < -0.3 is 10.2 Å². The molecule has 1 atom stereocenters. The average Bonchev–Trinajstić information content (AvgIpc) is 2.94. The molecule has 3 aromatic rings. The van der Waals surface area contributed by atoms with E-state index in [4.69, 9.17) is 11.6 Å². The smallest absolute Gasteiger partial charge is 0.354 e. The van der Waals surface area contributed by atoms with Gasteiger partial charge in [-0.1, -0.05) is 66.9 Å². The number of nitrogens with zero attached hydrogens (tertiary/aromatic N) is 2. The molecule has 0 fully saturated rings. The van der Waals surface area contributed by atoms with E-state index in [0.717, 1.165) is 30.5 Å². The lowest BCUT2D eigenvalue weighted by atomic mass is 10.1. The Bertz CT molecular complexity index is 1500. The number of hydrogen-bond donors (Lipinski definition) is 1. The van der Waals surface area contributed by atoms with Crippen molar-refractivity contribution < 1.29 is 31.2 Å². The molecule has 1 N–H and O–H groups in total. The molecule has 2 amide bonds. The summed E-state index contributed by atoms with van der Waals surface area (Å²) in [4.78, 5) is 27.9. The number of nitrogens with one attached hydrogen (secondary N) is 1. The van der Waals surface area contributed by atoms with E-state index < -0.39 is 46.2 Å². The van der Waals surface area contributed by atoms with Crippen LogP contribution in [0.1, 0.15) is 43.4 Å². The van der Waals surface area contributed by atoms with Gasteiger partial charge in [-0.25, -0.2) is 8.42 Å². The summed E-state index contributed by atoms with van der Waals surface area (Å²) in [6.07, 6.45) is -3.20. The van der Waals surface area contributed by atoms with E-state index in [0.29, 0.717) is 27.5 Å². The van der Waals surface area contributed by atoms with Crippen LogP contribution in [0.2, 0.25) is 5.02 Å². The van der Waals surface area contributed by atoms with Crippen molar-refractivity contribution in [1.29, 1.82) is 0 Å². The molecule has 7 nitrogen and oxygen atoms in total. The van der Waals surface area contributed by atoms with Crippen LogP contribution in [0.25, 0.3) is 0 Å². The minimum Gasteiger partial charge on any atom is -0.354 e. The summed E-state index contributed by atoms with van der Waals surface area (Å²) < 4.78 is 69.1. The monoisotopic (exact) mass is 623 g/mol. The van der Waals surface area contributed by atoms with Gasteiger partial charge in [0.05, 0.1) is 16.1 Å². The van der Waals surface area contributed by atoms with E-state index in [1.165, 1.54) is 30.0 Å². The minimum atomic E-state index is -4.75. The third-order valence-electron chi connectivity index (χ3n) is 6.64. The largest absolute Gasteiger partial charge is 0.416 e. The van der Waals surface area contributed by atoms with Crippen LogP contribution in [0.3, 0.4) is 0 Å². The first-order valence-corrected chi connectivity index (χ1v) is 15.1. The van der Waals surface area contributed by atoms with E-state index in [-0.39, 0.29) is 17.1 Å². The van der Waals surface area contributed by atoms with Gasteiger partial charge in [-0.3, -0.25) is 13.9 Å². The second-order valence-corrected chi connectivity index (χ2v) is 12.1. The van der Waals surface area contributed by atoms with Crippen LogP contribution in [0.15, 0.2) is 77.7 Å². The Morgan fingerprint density at radius 1 is 1.00 bits per heavy atom. The van der Waals surface area contributed by atoms with Gasteiger partial charge in [0, 0.05) is 18.1 Å². The lowest BCUT2D eigenvalue weighted by molar-refractivity contribution is -0.139. The Morgan fingerprint density at radius 3 is 2.29 bits per heavy atom. The molecule has 226 valence electrons. The molecule has 0 spiro atoms. The molecule has 0 aliphatic carbocycles. The molecule has 0 bridgehead atoms. The standard InChI is InChI=1S/C30H33ClF3N3O4S/c1-4-5-17-35-29(39)22(3)36(19-23-9-6-7-12-27(23)31)28(38)20-37(25-11-8-10-24(18-25)30(32,33)34)42(40,41)26-15-13-21(2)14-16-26/h6-16,18,22H,4-5,17,19-20H2,1-3H3,(H,35,39)/t22-/m0/s1. The summed E-state index contributed by atoms with van der Waals surface area (Å²) in [6.45, 7) is 4.59. The van der Waals surface area contributed by atoms with Crippen LogP contribution in [0.4, 0.5) is 18.9 Å². The highest BCUT2D eigenvalue weighted by atomic mass is 35.5. The van der Waals surface area contributed by atoms with Crippen LogP contribution < -0.4 is 9.62 Å².